The topological polar surface area (TPSA) is 131 Å². The summed E-state index contributed by atoms with van der Waals surface area (Å²) in [4.78, 5) is 30.3. The molecule has 0 aromatic rings. The molecule has 0 saturated carbocycles. The first-order valence-corrected chi connectivity index (χ1v) is 13.5. The van der Waals surface area contributed by atoms with E-state index in [0.717, 1.165) is 19.3 Å². The zero-order valence-electron chi connectivity index (χ0n) is 20.9. The molecule has 1 radical (unpaired) electrons. The van der Waals surface area contributed by atoms with Crippen molar-refractivity contribution in [2.24, 2.45) is 5.73 Å². The average Bonchev–Trinajstić information content (AvgIpc) is 3.32. The van der Waals surface area contributed by atoms with Gasteiger partial charge in [-0.3, -0.25) is 14.5 Å². The Morgan fingerprint density at radius 1 is 1.24 bits per heavy atom. The number of rotatable bonds is 11. The number of β-amino-alcohol motifs (C(OH)–C–C–N with tert-alkyl or cyclic N) is 1. The molecule has 195 valence electrons. The minimum Gasteiger partial charge on any atom is -0.390 e. The highest BCUT2D eigenvalue weighted by molar-refractivity contribution is 7.86. The molecule has 3 saturated heterocycles. The lowest BCUT2D eigenvalue weighted by Crippen LogP contribution is -2.60. The van der Waals surface area contributed by atoms with E-state index < -0.39 is 21.9 Å². The van der Waals surface area contributed by atoms with E-state index in [0.29, 0.717) is 45.6 Å². The van der Waals surface area contributed by atoms with Crippen LogP contribution in [0.2, 0.25) is 0 Å². The van der Waals surface area contributed by atoms with Gasteiger partial charge in [0, 0.05) is 72.4 Å². The lowest BCUT2D eigenvalue weighted by Gasteiger charge is -2.43. The van der Waals surface area contributed by atoms with Crippen molar-refractivity contribution in [3.8, 4) is 0 Å². The number of piperidine rings is 1. The van der Waals surface area contributed by atoms with Gasteiger partial charge < -0.3 is 20.6 Å². The van der Waals surface area contributed by atoms with Gasteiger partial charge in [-0.15, -0.1) is 0 Å². The van der Waals surface area contributed by atoms with Gasteiger partial charge >= 0.3 is 0 Å². The summed E-state index contributed by atoms with van der Waals surface area (Å²) in [5.74, 6) is -0.472. The Kier molecular flexibility index (Phi) is 8.63. The Morgan fingerprint density at radius 3 is 2.56 bits per heavy atom. The van der Waals surface area contributed by atoms with Crippen LogP contribution in [0.4, 0.5) is 0 Å². The number of fused-ring (bicyclic) bond motifs is 2. The van der Waals surface area contributed by atoms with Crippen LogP contribution in [0.15, 0.2) is 0 Å². The maximum absolute atomic E-state index is 12.4. The van der Waals surface area contributed by atoms with Crippen LogP contribution in [0.5, 0.6) is 0 Å². The molecular formula is C22H41N6O5S. The maximum Gasteiger partial charge on any atom is 0.281 e. The summed E-state index contributed by atoms with van der Waals surface area (Å²) in [7, 11) is 1.56. The number of aliphatic hydroxyl groups excluding tert-OH is 1. The molecule has 12 heteroatoms. The van der Waals surface area contributed by atoms with Crippen molar-refractivity contribution in [1.29, 1.82) is 0 Å². The van der Waals surface area contributed by atoms with Gasteiger partial charge in [0.2, 0.25) is 11.8 Å². The molecular weight excluding hydrogens is 460 g/mol. The summed E-state index contributed by atoms with van der Waals surface area (Å²) in [6.45, 7) is 3.86. The average molecular weight is 502 g/mol. The normalized spacial score (nSPS) is 29.1. The van der Waals surface area contributed by atoms with Crippen LogP contribution in [0.1, 0.15) is 39.0 Å². The molecule has 2 amide bonds. The van der Waals surface area contributed by atoms with E-state index in [1.807, 2.05) is 7.05 Å². The van der Waals surface area contributed by atoms with Gasteiger partial charge in [-0.2, -0.15) is 17.0 Å². The van der Waals surface area contributed by atoms with Crippen molar-refractivity contribution in [2.45, 2.75) is 62.8 Å². The molecule has 3 N–H and O–H groups in total. The second-order valence-corrected chi connectivity index (χ2v) is 12.3. The SMILES string of the molecule is CC(=O)N(CCN(C)[C@@H]1CCN(S(=O)(=O)N(C)C)C1)CC(O)CN1[C@@H]2C[CH]C[C@@]1(C(N)=O)CC2. The van der Waals surface area contributed by atoms with Gasteiger partial charge in [0.25, 0.3) is 10.2 Å². The third kappa shape index (κ3) is 5.57. The van der Waals surface area contributed by atoms with Crippen LogP contribution in [0.3, 0.4) is 0 Å². The minimum atomic E-state index is -3.43. The highest BCUT2D eigenvalue weighted by atomic mass is 32.2. The largest absolute Gasteiger partial charge is 0.390 e. The second kappa shape index (κ2) is 10.8. The predicted octanol–water partition coefficient (Wildman–Crippen LogP) is -1.31. The van der Waals surface area contributed by atoms with Crippen molar-refractivity contribution < 1.29 is 23.1 Å². The standard InChI is InChI=1S/C22H41N6O5S/c1-17(29)26(13-12-25(4)19-8-11-27(14-19)34(32,33)24(2)3)15-20(30)16-28-18-6-5-9-22(28,10-7-18)21(23)31/h5,18-20,30H,6-16H2,1-4H3,(H2,23,31)/t18-,19-,20?,22+/m1/s1. The van der Waals surface area contributed by atoms with Gasteiger partial charge in [0.1, 0.15) is 5.54 Å². The van der Waals surface area contributed by atoms with Crippen molar-refractivity contribution >= 4 is 22.0 Å². The van der Waals surface area contributed by atoms with Crippen LogP contribution in [-0.2, 0) is 19.8 Å². The van der Waals surface area contributed by atoms with Crippen LogP contribution < -0.4 is 5.73 Å². The molecule has 11 nitrogen and oxygen atoms in total. The molecule has 0 aromatic carbocycles. The molecule has 4 atom stereocenters. The van der Waals surface area contributed by atoms with Crippen LogP contribution in [0, 0.1) is 6.42 Å². The first kappa shape index (κ1) is 27.3. The lowest BCUT2D eigenvalue weighted by atomic mass is 9.87. The van der Waals surface area contributed by atoms with Gasteiger partial charge in [-0.1, -0.05) is 0 Å². The van der Waals surface area contributed by atoms with E-state index in [2.05, 4.69) is 16.2 Å². The van der Waals surface area contributed by atoms with Gasteiger partial charge in [-0.05, 0) is 45.6 Å². The molecule has 3 heterocycles. The summed E-state index contributed by atoms with van der Waals surface area (Å²) >= 11 is 0. The number of likely N-dealkylation sites (N-methyl/N-ethyl adjacent to an activating group) is 1. The molecule has 3 aliphatic rings. The summed E-state index contributed by atoms with van der Waals surface area (Å²) < 4.78 is 27.5. The smallest absolute Gasteiger partial charge is 0.281 e. The number of carbonyl (C=O) groups excluding carboxylic acids is 2. The minimum absolute atomic E-state index is 0.0732. The number of nitrogens with two attached hydrogens (primary N) is 1. The zero-order chi connectivity index (χ0) is 25.3. The summed E-state index contributed by atoms with van der Waals surface area (Å²) in [5, 5.41) is 10.8. The quantitative estimate of drug-likeness (QED) is 0.360. The molecule has 0 aliphatic carbocycles. The third-order valence-corrected chi connectivity index (χ3v) is 9.71. The van der Waals surface area contributed by atoms with Crippen LogP contribution >= 0.6 is 0 Å². The van der Waals surface area contributed by atoms with Crippen LogP contribution in [0.25, 0.3) is 0 Å². The van der Waals surface area contributed by atoms with E-state index in [1.54, 1.807) is 4.90 Å². The second-order valence-electron chi connectivity index (χ2n) is 10.2. The van der Waals surface area contributed by atoms with E-state index in [9.17, 15) is 23.1 Å². The molecule has 2 bridgehead atoms. The third-order valence-electron chi connectivity index (χ3n) is 7.80. The molecule has 3 rings (SSSR count). The number of primary amides is 1. The fraction of sp³-hybridized carbons (Fsp3) is 0.864. The zero-order valence-corrected chi connectivity index (χ0v) is 21.7. The summed E-state index contributed by atoms with van der Waals surface area (Å²) in [6.07, 6.45) is 5.14. The van der Waals surface area contributed by atoms with Crippen LogP contribution in [-0.4, -0.2) is 133 Å². The fourth-order valence-electron chi connectivity index (χ4n) is 5.61. The Hall–Kier alpha value is -1.31. The molecule has 3 aliphatic heterocycles. The van der Waals surface area contributed by atoms with Crippen molar-refractivity contribution in [3.63, 3.8) is 0 Å². The van der Waals surface area contributed by atoms with E-state index in [-0.39, 0.29) is 30.4 Å². The Morgan fingerprint density at radius 2 is 1.94 bits per heavy atom. The molecule has 0 aromatic heterocycles. The number of amides is 2. The van der Waals surface area contributed by atoms with Gasteiger partial charge in [-0.25, -0.2) is 0 Å². The molecule has 3 fully saturated rings. The molecule has 1 unspecified atom stereocenters. The van der Waals surface area contributed by atoms with E-state index >= 15 is 0 Å². The maximum atomic E-state index is 12.4. The molecule has 34 heavy (non-hydrogen) atoms. The Labute approximate surface area is 204 Å². The van der Waals surface area contributed by atoms with Crippen molar-refractivity contribution in [2.75, 3.05) is 60.4 Å². The summed E-state index contributed by atoms with van der Waals surface area (Å²) in [6, 6.07) is 0.278. The fourth-order valence-corrected chi connectivity index (χ4v) is 6.77. The number of aliphatic hydroxyl groups is 1. The first-order chi connectivity index (χ1) is 15.9. The Balaban J connectivity index is 1.53. The number of hydrogen-bond donors (Lipinski definition) is 2. The summed E-state index contributed by atoms with van der Waals surface area (Å²) in [5.41, 5.74) is 5.04. The predicted molar refractivity (Wildman–Crippen MR) is 129 cm³/mol. The lowest BCUT2D eigenvalue weighted by molar-refractivity contribution is -0.134. The number of carbonyl (C=O) groups is 2. The van der Waals surface area contributed by atoms with Crippen molar-refractivity contribution in [1.82, 2.24) is 23.3 Å². The highest BCUT2D eigenvalue weighted by Crippen LogP contribution is 2.43. The molecule has 0 spiro atoms. The van der Waals surface area contributed by atoms with Crippen molar-refractivity contribution in [3.05, 3.63) is 6.42 Å². The van der Waals surface area contributed by atoms with Gasteiger partial charge in [0.15, 0.2) is 0 Å². The highest BCUT2D eigenvalue weighted by Gasteiger charge is 2.53. The monoisotopic (exact) mass is 501 g/mol. The Bertz CT molecular complexity index is 851. The number of nitrogens with zero attached hydrogens (tertiary/aromatic N) is 5. The van der Waals surface area contributed by atoms with Gasteiger partial charge in [0.05, 0.1) is 6.10 Å². The number of hydrogen-bond acceptors (Lipinski definition) is 7. The first-order valence-electron chi connectivity index (χ1n) is 12.1. The van der Waals surface area contributed by atoms with E-state index in [4.69, 9.17) is 5.73 Å². The van der Waals surface area contributed by atoms with E-state index in [1.165, 1.54) is 29.6 Å².